The van der Waals surface area contributed by atoms with E-state index in [-0.39, 0.29) is 0 Å². The molecule has 0 fully saturated rings. The Morgan fingerprint density at radius 3 is 0.750 bits per heavy atom. The summed E-state index contributed by atoms with van der Waals surface area (Å²) in [6.45, 7) is 0.375. The first-order valence-corrected chi connectivity index (χ1v) is 10.8. The lowest BCUT2D eigenvalue weighted by molar-refractivity contribution is -0.126. The normalized spacial score (nSPS) is 9.25. The molecule has 6 heteroatoms. The van der Waals surface area contributed by atoms with Crippen LogP contribution >= 0.6 is 0 Å². The lowest BCUT2D eigenvalue weighted by Crippen LogP contribution is -2.14. The van der Waals surface area contributed by atoms with Gasteiger partial charge in [0, 0.05) is 22.3 Å². The molecule has 4 aromatic carbocycles. The van der Waals surface area contributed by atoms with Gasteiger partial charge in [0.05, 0.1) is 7.11 Å². The summed E-state index contributed by atoms with van der Waals surface area (Å²) in [5, 5.41) is 0. The molecule has 0 bridgehead atoms. The van der Waals surface area contributed by atoms with E-state index in [1.807, 2.05) is 24.3 Å². The van der Waals surface area contributed by atoms with Gasteiger partial charge in [0.1, 0.15) is 0 Å². The third-order valence-electron chi connectivity index (χ3n) is 4.65. The van der Waals surface area contributed by atoms with Crippen LogP contribution in [0.4, 0.5) is 0 Å². The Kier molecular flexibility index (Phi) is 11.4. The molecular weight excluding hydrogens is 456 g/mol. The molecule has 180 valence electrons. The van der Waals surface area contributed by atoms with Crippen molar-refractivity contribution in [1.29, 1.82) is 0 Å². The topological polar surface area (TPSA) is 94.6 Å². The summed E-state index contributed by atoms with van der Waals surface area (Å²) in [7, 11) is 1.31. The predicted molar refractivity (Wildman–Crippen MR) is 136 cm³/mol. The van der Waals surface area contributed by atoms with Crippen molar-refractivity contribution in [3.8, 4) is 0 Å². The van der Waals surface area contributed by atoms with Crippen LogP contribution in [-0.2, 0) is 9.53 Å². The maximum atomic E-state index is 11.8. The summed E-state index contributed by atoms with van der Waals surface area (Å²) in [5.41, 5.74) is 1.71. The highest BCUT2D eigenvalue weighted by molar-refractivity contribution is 6.49. The first-order valence-electron chi connectivity index (χ1n) is 10.8. The number of ketones is 4. The Morgan fingerprint density at radius 1 is 0.444 bits per heavy atom. The summed E-state index contributed by atoms with van der Waals surface area (Å²) < 4.78 is 3.86. The molecule has 0 aliphatic heterocycles. The zero-order valence-electron chi connectivity index (χ0n) is 19.6. The molecule has 4 rings (SSSR count). The number of hydrogen-bond acceptors (Lipinski definition) is 6. The van der Waals surface area contributed by atoms with E-state index >= 15 is 0 Å². The highest BCUT2D eigenvalue weighted by atomic mass is 16.5. The standard InChI is InChI=1S/2C14H10O2.C2H4O2/c2*15-13(11-7-3-1-4-8-11)14(16)12-9-5-2-6-10-12;1-4-2-3/h2*1-10H;2H,1H3. The van der Waals surface area contributed by atoms with Gasteiger partial charge < -0.3 is 4.74 Å². The molecule has 0 aliphatic carbocycles. The number of methoxy groups -OCH3 is 1. The maximum absolute atomic E-state index is 11.8. The zero-order valence-corrected chi connectivity index (χ0v) is 19.6. The molecular formula is C30H24O6. The minimum absolute atomic E-state index is 0.375. The van der Waals surface area contributed by atoms with E-state index in [1.54, 1.807) is 97.1 Å². The molecule has 0 N–H and O–H groups in total. The van der Waals surface area contributed by atoms with Gasteiger partial charge in [-0.15, -0.1) is 0 Å². The van der Waals surface area contributed by atoms with Crippen LogP contribution < -0.4 is 0 Å². The molecule has 36 heavy (non-hydrogen) atoms. The SMILES string of the molecule is COC=O.O=C(C(=O)c1ccccc1)c1ccccc1.O=C(C(=O)c1ccccc1)c1ccccc1. The molecule has 0 amide bonds. The number of ether oxygens (including phenoxy) is 1. The van der Waals surface area contributed by atoms with Crippen molar-refractivity contribution >= 4 is 29.6 Å². The molecule has 0 spiro atoms. The average molecular weight is 481 g/mol. The number of Topliss-reactive ketones (excluding diaryl/α,β-unsaturated/α-hetero) is 4. The predicted octanol–water partition coefficient (Wildman–Crippen LogP) is 5.29. The van der Waals surface area contributed by atoms with Crippen LogP contribution in [0.15, 0.2) is 121 Å². The van der Waals surface area contributed by atoms with Gasteiger partial charge in [0.15, 0.2) is 0 Å². The van der Waals surface area contributed by atoms with E-state index in [0.717, 1.165) is 0 Å². The Hall–Kier alpha value is -4.97. The Morgan fingerprint density at radius 2 is 0.611 bits per heavy atom. The van der Waals surface area contributed by atoms with Crippen LogP contribution in [0.1, 0.15) is 41.4 Å². The Labute approximate surface area is 209 Å². The van der Waals surface area contributed by atoms with Crippen LogP contribution in [0, 0.1) is 0 Å². The second kappa shape index (κ2) is 15.0. The van der Waals surface area contributed by atoms with Gasteiger partial charge in [-0.25, -0.2) is 0 Å². The van der Waals surface area contributed by atoms with Crippen LogP contribution in [0.2, 0.25) is 0 Å². The van der Waals surface area contributed by atoms with E-state index in [0.29, 0.717) is 28.7 Å². The average Bonchev–Trinajstić information content (AvgIpc) is 2.98. The molecule has 0 aliphatic rings. The van der Waals surface area contributed by atoms with Crippen molar-refractivity contribution in [3.63, 3.8) is 0 Å². The van der Waals surface area contributed by atoms with Crippen LogP contribution in [0.5, 0.6) is 0 Å². The van der Waals surface area contributed by atoms with Gasteiger partial charge in [0.2, 0.25) is 23.1 Å². The lowest BCUT2D eigenvalue weighted by Gasteiger charge is -1.99. The van der Waals surface area contributed by atoms with Crippen LogP contribution in [0.3, 0.4) is 0 Å². The molecule has 0 atom stereocenters. The van der Waals surface area contributed by atoms with Crippen LogP contribution in [0.25, 0.3) is 0 Å². The van der Waals surface area contributed by atoms with Crippen molar-refractivity contribution < 1.29 is 28.7 Å². The second-order valence-corrected chi connectivity index (χ2v) is 7.11. The summed E-state index contributed by atoms with van der Waals surface area (Å²) in [6.07, 6.45) is 0. The van der Waals surface area contributed by atoms with Crippen molar-refractivity contribution in [2.45, 2.75) is 0 Å². The number of hydrogen-bond donors (Lipinski definition) is 0. The number of rotatable bonds is 7. The molecule has 0 radical (unpaired) electrons. The maximum Gasteiger partial charge on any atom is 0.292 e. The monoisotopic (exact) mass is 480 g/mol. The molecule has 0 heterocycles. The minimum Gasteiger partial charge on any atom is -0.471 e. The Bertz CT molecular complexity index is 1070. The summed E-state index contributed by atoms with van der Waals surface area (Å²) in [5.74, 6) is -1.86. The highest BCUT2D eigenvalue weighted by Crippen LogP contribution is 2.08. The van der Waals surface area contributed by atoms with Crippen molar-refractivity contribution in [3.05, 3.63) is 144 Å². The minimum atomic E-state index is -0.466. The fourth-order valence-corrected chi connectivity index (χ4v) is 2.88. The smallest absolute Gasteiger partial charge is 0.292 e. The van der Waals surface area contributed by atoms with Crippen molar-refractivity contribution in [2.75, 3.05) is 7.11 Å². The lowest BCUT2D eigenvalue weighted by atomic mass is 10.0. The van der Waals surface area contributed by atoms with E-state index in [2.05, 4.69) is 4.74 Å². The van der Waals surface area contributed by atoms with Crippen LogP contribution in [-0.4, -0.2) is 36.7 Å². The van der Waals surface area contributed by atoms with Gasteiger partial charge in [-0.2, -0.15) is 0 Å². The molecule has 0 saturated carbocycles. The third kappa shape index (κ3) is 8.43. The van der Waals surface area contributed by atoms with E-state index in [9.17, 15) is 19.2 Å². The highest BCUT2D eigenvalue weighted by Gasteiger charge is 2.18. The van der Waals surface area contributed by atoms with Gasteiger partial charge in [-0.3, -0.25) is 24.0 Å². The van der Waals surface area contributed by atoms with Gasteiger partial charge in [-0.1, -0.05) is 121 Å². The third-order valence-corrected chi connectivity index (χ3v) is 4.65. The van der Waals surface area contributed by atoms with E-state index < -0.39 is 23.1 Å². The first-order chi connectivity index (χ1) is 17.5. The Balaban J connectivity index is 0.000000221. The molecule has 0 unspecified atom stereocenters. The number of carbonyl (C=O) groups is 5. The zero-order chi connectivity index (χ0) is 26.2. The molecule has 0 saturated heterocycles. The van der Waals surface area contributed by atoms with E-state index in [1.165, 1.54) is 7.11 Å². The van der Waals surface area contributed by atoms with Crippen molar-refractivity contribution in [2.24, 2.45) is 0 Å². The van der Waals surface area contributed by atoms with Crippen molar-refractivity contribution in [1.82, 2.24) is 0 Å². The number of benzene rings is 4. The summed E-state index contributed by atoms with van der Waals surface area (Å²) in [4.78, 5) is 56.1. The summed E-state index contributed by atoms with van der Waals surface area (Å²) in [6, 6.07) is 34.3. The van der Waals surface area contributed by atoms with Gasteiger partial charge >= 0.3 is 0 Å². The molecule has 6 nitrogen and oxygen atoms in total. The van der Waals surface area contributed by atoms with Gasteiger partial charge in [0.25, 0.3) is 6.47 Å². The number of carbonyl (C=O) groups excluding carboxylic acids is 5. The molecule has 0 aromatic heterocycles. The molecule has 4 aromatic rings. The van der Waals surface area contributed by atoms with Gasteiger partial charge in [-0.05, 0) is 0 Å². The second-order valence-electron chi connectivity index (χ2n) is 7.11. The fraction of sp³-hybridized carbons (Fsp3) is 0.0333. The largest absolute Gasteiger partial charge is 0.471 e. The van der Waals surface area contributed by atoms with E-state index in [4.69, 9.17) is 4.79 Å². The summed E-state index contributed by atoms with van der Waals surface area (Å²) >= 11 is 0. The fourth-order valence-electron chi connectivity index (χ4n) is 2.88. The quantitative estimate of drug-likeness (QED) is 0.203. The first kappa shape index (κ1) is 27.3.